The molecule has 2 nitrogen and oxygen atoms in total. The zero-order valence-electron chi connectivity index (χ0n) is 7.29. The van der Waals surface area contributed by atoms with Gasteiger partial charge in [0.1, 0.15) is 9.84 Å². The first-order valence-corrected chi connectivity index (χ1v) is 6.79. The predicted molar refractivity (Wildman–Crippen MR) is 51.3 cm³/mol. The summed E-state index contributed by atoms with van der Waals surface area (Å²) in [5.74, 6) is 0.864. The summed E-state index contributed by atoms with van der Waals surface area (Å²) in [6, 6.07) is 0. The van der Waals surface area contributed by atoms with Gasteiger partial charge in [-0.15, -0.1) is 11.6 Å². The lowest BCUT2D eigenvalue weighted by Crippen LogP contribution is -2.07. The van der Waals surface area contributed by atoms with E-state index in [9.17, 15) is 8.42 Å². The molecule has 0 aromatic carbocycles. The highest BCUT2D eigenvalue weighted by molar-refractivity contribution is 7.90. The molecule has 0 spiro atoms. The maximum atomic E-state index is 10.8. The molecular weight excluding hydrogens is 196 g/mol. The van der Waals surface area contributed by atoms with Crippen molar-refractivity contribution >= 4 is 21.4 Å². The first kappa shape index (κ1) is 10.3. The Hall–Kier alpha value is 0.240. The van der Waals surface area contributed by atoms with Gasteiger partial charge in [0.15, 0.2) is 0 Å². The predicted octanol–water partition coefficient (Wildman–Crippen LogP) is 1.83. The molecule has 0 bridgehead atoms. The third kappa shape index (κ3) is 3.76. The van der Waals surface area contributed by atoms with Gasteiger partial charge in [-0.05, 0) is 31.6 Å². The second kappa shape index (κ2) is 3.97. The quantitative estimate of drug-likeness (QED) is 0.667. The summed E-state index contributed by atoms with van der Waals surface area (Å²) in [7, 11) is -2.77. The van der Waals surface area contributed by atoms with Crippen LogP contribution in [0.4, 0.5) is 0 Å². The Morgan fingerprint density at radius 2 is 2.08 bits per heavy atom. The second-order valence-electron chi connectivity index (χ2n) is 3.69. The van der Waals surface area contributed by atoms with Crippen molar-refractivity contribution in [3.8, 4) is 0 Å². The van der Waals surface area contributed by atoms with Crippen molar-refractivity contribution in [2.45, 2.75) is 31.1 Å². The Morgan fingerprint density at radius 3 is 2.50 bits per heavy atom. The average molecular weight is 211 g/mol. The van der Waals surface area contributed by atoms with Gasteiger partial charge >= 0.3 is 0 Å². The molecule has 0 aliphatic heterocycles. The lowest BCUT2D eigenvalue weighted by Gasteiger charge is -2.06. The fourth-order valence-corrected chi connectivity index (χ4v) is 2.80. The van der Waals surface area contributed by atoms with Crippen molar-refractivity contribution < 1.29 is 8.42 Å². The summed E-state index contributed by atoms with van der Waals surface area (Å²) in [5.41, 5.74) is 0. The number of halogens is 1. The van der Waals surface area contributed by atoms with Crippen LogP contribution in [0.25, 0.3) is 0 Å². The van der Waals surface area contributed by atoms with Gasteiger partial charge in [0.25, 0.3) is 0 Å². The van der Waals surface area contributed by atoms with Crippen molar-refractivity contribution in [2.75, 3.05) is 12.0 Å². The lowest BCUT2D eigenvalue weighted by molar-refractivity contribution is 0.523. The van der Waals surface area contributed by atoms with Gasteiger partial charge in [0, 0.05) is 11.6 Å². The minimum atomic E-state index is -2.77. The molecule has 0 N–H and O–H groups in total. The Balaban J connectivity index is 2.25. The van der Waals surface area contributed by atoms with Crippen LogP contribution in [0.15, 0.2) is 0 Å². The van der Waals surface area contributed by atoms with Crippen molar-refractivity contribution in [1.29, 1.82) is 0 Å². The number of rotatable bonds is 3. The van der Waals surface area contributed by atoms with Gasteiger partial charge in [-0.25, -0.2) is 8.42 Å². The molecule has 1 aliphatic carbocycles. The first-order valence-electron chi connectivity index (χ1n) is 4.29. The third-order valence-electron chi connectivity index (χ3n) is 2.37. The molecule has 0 saturated heterocycles. The Kier molecular flexibility index (Phi) is 3.41. The molecule has 4 heteroatoms. The Bertz CT molecular complexity index is 235. The summed E-state index contributed by atoms with van der Waals surface area (Å²) in [4.78, 5) is 0. The molecule has 0 aromatic heterocycles. The maximum absolute atomic E-state index is 10.8. The third-order valence-corrected chi connectivity index (χ3v) is 3.75. The van der Waals surface area contributed by atoms with Crippen molar-refractivity contribution in [2.24, 2.45) is 5.92 Å². The molecular formula is C8H15ClO2S. The minimum absolute atomic E-state index is 0.287. The topological polar surface area (TPSA) is 34.1 Å². The van der Waals surface area contributed by atoms with Gasteiger partial charge in [-0.2, -0.15) is 0 Å². The summed E-state index contributed by atoms with van der Waals surface area (Å²) in [6.45, 7) is 0. The molecule has 12 heavy (non-hydrogen) atoms. The molecule has 1 fully saturated rings. The van der Waals surface area contributed by atoms with E-state index in [2.05, 4.69) is 0 Å². The second-order valence-corrected chi connectivity index (χ2v) is 6.57. The molecule has 2 unspecified atom stereocenters. The van der Waals surface area contributed by atoms with E-state index in [0.717, 1.165) is 25.7 Å². The SMILES string of the molecule is CS(=O)(=O)CCC1CCC(Cl)C1. The van der Waals surface area contributed by atoms with Crippen LogP contribution in [0.1, 0.15) is 25.7 Å². The van der Waals surface area contributed by atoms with Gasteiger partial charge < -0.3 is 0 Å². The molecule has 0 radical (unpaired) electrons. The number of alkyl halides is 1. The summed E-state index contributed by atoms with van der Waals surface area (Å²) in [5, 5.41) is 0.287. The van der Waals surface area contributed by atoms with Crippen LogP contribution in [-0.4, -0.2) is 25.8 Å². The standard InChI is InChI=1S/C8H15ClO2S/c1-12(10,11)5-4-7-2-3-8(9)6-7/h7-8H,2-6H2,1H3. The van der Waals surface area contributed by atoms with Gasteiger partial charge in [0.2, 0.25) is 0 Å². The van der Waals surface area contributed by atoms with Crippen molar-refractivity contribution in [3.05, 3.63) is 0 Å². The van der Waals surface area contributed by atoms with E-state index >= 15 is 0 Å². The summed E-state index contributed by atoms with van der Waals surface area (Å²) in [6.07, 6.45) is 5.24. The van der Waals surface area contributed by atoms with E-state index in [1.54, 1.807) is 0 Å². The van der Waals surface area contributed by atoms with E-state index in [0.29, 0.717) is 11.7 Å². The smallest absolute Gasteiger partial charge is 0.147 e. The average Bonchev–Trinajstić information content (AvgIpc) is 2.30. The van der Waals surface area contributed by atoms with Gasteiger partial charge in [-0.1, -0.05) is 0 Å². The van der Waals surface area contributed by atoms with Crippen molar-refractivity contribution in [1.82, 2.24) is 0 Å². The molecule has 1 aliphatic rings. The largest absolute Gasteiger partial charge is 0.229 e. The molecule has 2 atom stereocenters. The van der Waals surface area contributed by atoms with E-state index < -0.39 is 9.84 Å². The fourth-order valence-electron chi connectivity index (χ4n) is 1.66. The van der Waals surface area contributed by atoms with Crippen LogP contribution in [0.2, 0.25) is 0 Å². The first-order chi connectivity index (χ1) is 5.47. The van der Waals surface area contributed by atoms with Crippen LogP contribution in [0.5, 0.6) is 0 Å². The number of hydrogen-bond acceptors (Lipinski definition) is 2. The number of sulfone groups is 1. The number of hydrogen-bond donors (Lipinski definition) is 0. The molecule has 0 aromatic rings. The van der Waals surface area contributed by atoms with E-state index in [1.165, 1.54) is 6.26 Å². The Labute approximate surface area is 79.2 Å². The summed E-state index contributed by atoms with van der Waals surface area (Å²) >= 11 is 5.91. The highest BCUT2D eigenvalue weighted by atomic mass is 35.5. The molecule has 72 valence electrons. The lowest BCUT2D eigenvalue weighted by atomic mass is 10.1. The maximum Gasteiger partial charge on any atom is 0.147 e. The molecule has 0 amide bonds. The molecule has 1 saturated carbocycles. The van der Waals surface area contributed by atoms with Crippen molar-refractivity contribution in [3.63, 3.8) is 0 Å². The monoisotopic (exact) mass is 210 g/mol. The van der Waals surface area contributed by atoms with Gasteiger partial charge in [0.05, 0.1) is 5.75 Å². The minimum Gasteiger partial charge on any atom is -0.229 e. The van der Waals surface area contributed by atoms with E-state index in [-0.39, 0.29) is 5.38 Å². The molecule has 1 rings (SSSR count). The normalized spacial score (nSPS) is 30.8. The zero-order chi connectivity index (χ0) is 9.19. The van der Waals surface area contributed by atoms with Crippen LogP contribution >= 0.6 is 11.6 Å². The summed E-state index contributed by atoms with van der Waals surface area (Å²) < 4.78 is 21.7. The Morgan fingerprint density at radius 1 is 1.42 bits per heavy atom. The van der Waals surface area contributed by atoms with E-state index in [4.69, 9.17) is 11.6 Å². The van der Waals surface area contributed by atoms with Crippen LogP contribution in [0.3, 0.4) is 0 Å². The highest BCUT2D eigenvalue weighted by Crippen LogP contribution is 2.31. The highest BCUT2D eigenvalue weighted by Gasteiger charge is 2.23. The van der Waals surface area contributed by atoms with Crippen LogP contribution < -0.4 is 0 Å². The van der Waals surface area contributed by atoms with E-state index in [1.807, 2.05) is 0 Å². The van der Waals surface area contributed by atoms with Crippen LogP contribution in [-0.2, 0) is 9.84 Å². The molecule has 0 heterocycles. The fraction of sp³-hybridized carbons (Fsp3) is 1.00. The zero-order valence-corrected chi connectivity index (χ0v) is 8.87. The van der Waals surface area contributed by atoms with Crippen LogP contribution in [0, 0.1) is 5.92 Å². The van der Waals surface area contributed by atoms with Gasteiger partial charge in [-0.3, -0.25) is 0 Å².